The van der Waals surface area contributed by atoms with Gasteiger partial charge in [0.2, 0.25) is 0 Å². The van der Waals surface area contributed by atoms with E-state index in [0.29, 0.717) is 5.69 Å². The van der Waals surface area contributed by atoms with E-state index < -0.39 is 0 Å². The van der Waals surface area contributed by atoms with Gasteiger partial charge in [-0.3, -0.25) is 0 Å². The Labute approximate surface area is 89.4 Å². The van der Waals surface area contributed by atoms with Crippen molar-refractivity contribution in [1.29, 1.82) is 5.26 Å². The number of aromatic nitrogens is 2. The number of rotatable bonds is 3. The lowest BCUT2D eigenvalue weighted by Gasteiger charge is -2.10. The van der Waals surface area contributed by atoms with Gasteiger partial charge in [-0.25, -0.2) is 9.97 Å². The van der Waals surface area contributed by atoms with E-state index in [9.17, 15) is 0 Å². The molecule has 1 N–H and O–H groups in total. The van der Waals surface area contributed by atoms with Crippen LogP contribution in [0.15, 0.2) is 12.4 Å². The van der Waals surface area contributed by atoms with E-state index in [1.165, 1.54) is 31.9 Å². The molecule has 0 radical (unpaired) electrons. The molecule has 1 fully saturated rings. The first-order valence-electron chi connectivity index (χ1n) is 5.34. The maximum atomic E-state index is 8.56. The molecule has 1 aromatic heterocycles. The summed E-state index contributed by atoms with van der Waals surface area (Å²) < 4.78 is 0. The Balaban J connectivity index is 1.85. The molecule has 78 valence electrons. The minimum Gasteiger partial charge on any atom is -0.369 e. The van der Waals surface area contributed by atoms with Gasteiger partial charge < -0.3 is 5.32 Å². The van der Waals surface area contributed by atoms with E-state index in [-0.39, 0.29) is 0 Å². The average Bonchev–Trinajstić information content (AvgIpc) is 2.80. The number of hydrogen-bond acceptors (Lipinski definition) is 4. The van der Waals surface area contributed by atoms with E-state index in [1.54, 1.807) is 6.20 Å². The van der Waals surface area contributed by atoms with Gasteiger partial charge >= 0.3 is 0 Å². The van der Waals surface area contributed by atoms with Crippen molar-refractivity contribution in [2.24, 2.45) is 5.92 Å². The van der Waals surface area contributed by atoms with Crippen molar-refractivity contribution in [3.05, 3.63) is 18.1 Å². The molecule has 1 saturated carbocycles. The van der Waals surface area contributed by atoms with Gasteiger partial charge in [-0.1, -0.05) is 12.8 Å². The maximum absolute atomic E-state index is 8.56. The molecular formula is C11H14N4. The molecule has 15 heavy (non-hydrogen) atoms. The average molecular weight is 202 g/mol. The second-order valence-electron chi connectivity index (χ2n) is 3.93. The van der Waals surface area contributed by atoms with Crippen LogP contribution in [0.1, 0.15) is 31.4 Å². The minimum atomic E-state index is 0.362. The standard InChI is InChI=1S/C11H14N4/c12-5-10-7-15-11(8-13-10)14-6-9-3-1-2-4-9/h7-9H,1-4,6H2,(H,14,15). The molecule has 1 aliphatic rings. The Morgan fingerprint density at radius 2 is 2.13 bits per heavy atom. The monoisotopic (exact) mass is 202 g/mol. The van der Waals surface area contributed by atoms with Gasteiger partial charge in [-0.05, 0) is 18.8 Å². The molecule has 1 heterocycles. The SMILES string of the molecule is N#Cc1cnc(NCC2CCCC2)cn1. The van der Waals surface area contributed by atoms with Crippen LogP contribution in [0.2, 0.25) is 0 Å². The van der Waals surface area contributed by atoms with Crippen molar-refractivity contribution in [1.82, 2.24) is 9.97 Å². The summed E-state index contributed by atoms with van der Waals surface area (Å²) in [5.74, 6) is 1.54. The lowest BCUT2D eigenvalue weighted by atomic mass is 10.1. The normalized spacial score (nSPS) is 16.2. The minimum absolute atomic E-state index is 0.362. The Kier molecular flexibility index (Phi) is 3.13. The molecular weight excluding hydrogens is 188 g/mol. The van der Waals surface area contributed by atoms with Crippen LogP contribution in [-0.2, 0) is 0 Å². The zero-order chi connectivity index (χ0) is 10.5. The van der Waals surface area contributed by atoms with Gasteiger partial charge in [0.1, 0.15) is 11.9 Å². The van der Waals surface area contributed by atoms with Gasteiger partial charge in [0.25, 0.3) is 0 Å². The number of hydrogen-bond donors (Lipinski definition) is 1. The molecule has 2 rings (SSSR count). The predicted molar refractivity (Wildman–Crippen MR) is 57.2 cm³/mol. The Bertz CT molecular complexity index is 346. The highest BCUT2D eigenvalue weighted by Gasteiger charge is 2.14. The smallest absolute Gasteiger partial charge is 0.158 e. The summed E-state index contributed by atoms with van der Waals surface area (Å²) >= 11 is 0. The molecule has 0 bridgehead atoms. The number of nitrogens with zero attached hydrogens (tertiary/aromatic N) is 3. The number of nitrogens with one attached hydrogen (secondary N) is 1. The van der Waals surface area contributed by atoms with Crippen molar-refractivity contribution >= 4 is 5.82 Å². The number of nitriles is 1. The molecule has 0 atom stereocenters. The van der Waals surface area contributed by atoms with Crippen LogP contribution in [0.25, 0.3) is 0 Å². The third-order valence-electron chi connectivity index (χ3n) is 2.81. The fourth-order valence-electron chi connectivity index (χ4n) is 1.94. The summed E-state index contributed by atoms with van der Waals surface area (Å²) in [6, 6.07) is 1.95. The van der Waals surface area contributed by atoms with Gasteiger partial charge in [-0.15, -0.1) is 0 Å². The summed E-state index contributed by atoms with van der Waals surface area (Å²) in [7, 11) is 0. The fourth-order valence-corrected chi connectivity index (χ4v) is 1.94. The van der Waals surface area contributed by atoms with Crippen LogP contribution in [0.3, 0.4) is 0 Å². The van der Waals surface area contributed by atoms with Crippen molar-refractivity contribution in [2.75, 3.05) is 11.9 Å². The topological polar surface area (TPSA) is 61.6 Å². The summed E-state index contributed by atoms with van der Waals surface area (Å²) in [5, 5.41) is 11.8. The van der Waals surface area contributed by atoms with Crippen molar-refractivity contribution in [2.45, 2.75) is 25.7 Å². The third-order valence-corrected chi connectivity index (χ3v) is 2.81. The third kappa shape index (κ3) is 2.66. The van der Waals surface area contributed by atoms with Gasteiger partial charge in [0.05, 0.1) is 12.4 Å². The van der Waals surface area contributed by atoms with E-state index in [2.05, 4.69) is 15.3 Å². The highest BCUT2D eigenvalue weighted by atomic mass is 15.0. The van der Waals surface area contributed by atoms with E-state index in [4.69, 9.17) is 5.26 Å². The maximum Gasteiger partial charge on any atom is 0.158 e. The van der Waals surface area contributed by atoms with Gasteiger partial charge in [0, 0.05) is 6.54 Å². The van der Waals surface area contributed by atoms with Crippen molar-refractivity contribution in [3.63, 3.8) is 0 Å². The highest BCUT2D eigenvalue weighted by molar-refractivity contribution is 5.33. The zero-order valence-electron chi connectivity index (χ0n) is 8.61. The molecule has 1 aromatic rings. The molecule has 0 amide bonds. The Morgan fingerprint density at radius 3 is 2.73 bits per heavy atom. The lowest BCUT2D eigenvalue weighted by Crippen LogP contribution is -2.12. The van der Waals surface area contributed by atoms with Crippen molar-refractivity contribution in [3.8, 4) is 6.07 Å². The van der Waals surface area contributed by atoms with Gasteiger partial charge in [-0.2, -0.15) is 5.26 Å². The first-order chi connectivity index (χ1) is 7.38. The molecule has 4 nitrogen and oxygen atoms in total. The fraction of sp³-hybridized carbons (Fsp3) is 0.545. The first-order valence-corrected chi connectivity index (χ1v) is 5.34. The molecule has 0 spiro atoms. The molecule has 0 unspecified atom stereocenters. The van der Waals surface area contributed by atoms with Crippen LogP contribution < -0.4 is 5.32 Å². The van der Waals surface area contributed by atoms with Gasteiger partial charge in [0.15, 0.2) is 5.69 Å². The van der Waals surface area contributed by atoms with Crippen LogP contribution in [0, 0.1) is 17.2 Å². The number of anilines is 1. The summed E-state index contributed by atoms with van der Waals surface area (Å²) in [6.45, 7) is 0.973. The Morgan fingerprint density at radius 1 is 1.33 bits per heavy atom. The van der Waals surface area contributed by atoms with Crippen LogP contribution in [-0.4, -0.2) is 16.5 Å². The molecule has 1 aliphatic carbocycles. The first kappa shape index (κ1) is 9.91. The lowest BCUT2D eigenvalue weighted by molar-refractivity contribution is 0.578. The quantitative estimate of drug-likeness (QED) is 0.813. The second kappa shape index (κ2) is 4.74. The molecule has 4 heteroatoms. The van der Waals surface area contributed by atoms with E-state index in [0.717, 1.165) is 18.3 Å². The van der Waals surface area contributed by atoms with E-state index >= 15 is 0 Å². The zero-order valence-corrected chi connectivity index (χ0v) is 8.61. The molecule has 0 saturated heterocycles. The largest absolute Gasteiger partial charge is 0.369 e. The summed E-state index contributed by atoms with van der Waals surface area (Å²) in [5.41, 5.74) is 0.362. The Hall–Kier alpha value is -1.63. The van der Waals surface area contributed by atoms with E-state index in [1.807, 2.05) is 6.07 Å². The van der Waals surface area contributed by atoms with Crippen LogP contribution >= 0.6 is 0 Å². The van der Waals surface area contributed by atoms with Crippen molar-refractivity contribution < 1.29 is 0 Å². The molecule has 0 aromatic carbocycles. The second-order valence-corrected chi connectivity index (χ2v) is 3.93. The van der Waals surface area contributed by atoms with Crippen LogP contribution in [0.4, 0.5) is 5.82 Å². The summed E-state index contributed by atoms with van der Waals surface area (Å²) in [4.78, 5) is 8.07. The van der Waals surface area contributed by atoms with Crippen LogP contribution in [0.5, 0.6) is 0 Å². The molecule has 0 aliphatic heterocycles. The highest BCUT2D eigenvalue weighted by Crippen LogP contribution is 2.24. The summed E-state index contributed by atoms with van der Waals surface area (Å²) in [6.07, 6.45) is 8.45. The predicted octanol–water partition coefficient (Wildman–Crippen LogP) is 1.95.